The molecule has 0 aliphatic carbocycles. The van der Waals surface area contributed by atoms with Gasteiger partial charge in [0, 0.05) is 69.5 Å². The van der Waals surface area contributed by atoms with Crippen LogP contribution in [0.25, 0.3) is 22.2 Å². The number of piperidine rings is 1. The lowest BCUT2D eigenvalue weighted by Crippen LogP contribution is -2.54. The Balaban J connectivity index is 1.08. The van der Waals surface area contributed by atoms with Crippen LogP contribution in [0.5, 0.6) is 11.8 Å². The second kappa shape index (κ2) is 14.6. The van der Waals surface area contributed by atoms with Gasteiger partial charge in [-0.1, -0.05) is 60.7 Å². The first-order valence-electron chi connectivity index (χ1n) is 17.2. The van der Waals surface area contributed by atoms with E-state index < -0.39 is 6.09 Å². The second-order valence-electron chi connectivity index (χ2n) is 13.2. The van der Waals surface area contributed by atoms with E-state index in [1.54, 1.807) is 4.90 Å². The van der Waals surface area contributed by atoms with Crippen molar-refractivity contribution in [3.8, 4) is 23.0 Å². The fourth-order valence-electron chi connectivity index (χ4n) is 7.03. The van der Waals surface area contributed by atoms with Gasteiger partial charge in [-0.15, -0.1) is 0 Å². The van der Waals surface area contributed by atoms with E-state index in [0.29, 0.717) is 50.0 Å². The molecular weight excluding hydrogens is 616 g/mol. The molecule has 10 nitrogen and oxygen atoms in total. The number of ether oxygens (including phenoxy) is 2. The number of benzene rings is 3. The summed E-state index contributed by atoms with van der Waals surface area (Å²) in [7, 11) is 1.99. The summed E-state index contributed by atoms with van der Waals surface area (Å²) in [6.45, 7) is 8.29. The summed E-state index contributed by atoms with van der Waals surface area (Å²) in [6, 6.07) is 31.0. The van der Waals surface area contributed by atoms with Crippen LogP contribution in [0.3, 0.4) is 0 Å². The molecule has 1 atom stereocenters. The normalized spacial score (nSPS) is 17.4. The Kier molecular flexibility index (Phi) is 9.65. The number of nitrogens with zero attached hydrogens (tertiary/aromatic N) is 6. The highest BCUT2D eigenvalue weighted by Gasteiger charge is 2.29. The number of rotatable bonds is 10. The van der Waals surface area contributed by atoms with Gasteiger partial charge in [0.05, 0.1) is 11.1 Å². The lowest BCUT2D eigenvalue weighted by atomic mass is 9.95. The minimum absolute atomic E-state index is 0.379. The van der Waals surface area contributed by atoms with Crippen LogP contribution in [0.15, 0.2) is 91.0 Å². The second-order valence-corrected chi connectivity index (χ2v) is 13.2. The van der Waals surface area contributed by atoms with E-state index >= 15 is 0 Å². The topological polar surface area (TPSA) is 96.2 Å². The van der Waals surface area contributed by atoms with Gasteiger partial charge in [-0.2, -0.15) is 10.1 Å². The van der Waals surface area contributed by atoms with E-state index in [1.165, 1.54) is 5.69 Å². The molecule has 0 spiro atoms. The molecule has 2 aromatic heterocycles. The van der Waals surface area contributed by atoms with Gasteiger partial charge in [-0.05, 0) is 61.1 Å². The number of hydrogen-bond acceptors (Lipinski definition) is 7. The van der Waals surface area contributed by atoms with Crippen molar-refractivity contribution < 1.29 is 19.4 Å². The Morgan fingerprint density at radius 3 is 2.22 bits per heavy atom. The van der Waals surface area contributed by atoms with E-state index in [4.69, 9.17) is 19.6 Å². The fraction of sp³-hybridized carbons (Fsp3) is 0.359. The number of pyridine rings is 1. The average molecular weight is 661 g/mol. The van der Waals surface area contributed by atoms with Crippen LogP contribution < -0.4 is 14.4 Å². The molecule has 1 N–H and O–H groups in total. The molecule has 5 aromatic rings. The van der Waals surface area contributed by atoms with Crippen molar-refractivity contribution in [2.45, 2.75) is 39.0 Å². The van der Waals surface area contributed by atoms with Crippen LogP contribution in [-0.2, 0) is 20.3 Å². The van der Waals surface area contributed by atoms with Crippen LogP contribution in [0.4, 0.5) is 10.5 Å². The van der Waals surface area contributed by atoms with Crippen molar-refractivity contribution in [3.63, 3.8) is 0 Å². The van der Waals surface area contributed by atoms with Gasteiger partial charge >= 0.3 is 6.09 Å². The quantitative estimate of drug-likeness (QED) is 0.177. The Morgan fingerprint density at radius 1 is 0.857 bits per heavy atom. The SMILES string of the molecule is CC1CN(c2ccc3c(-c4ccc(OCc5ccccc5)nc4OCc4ccccc4)nn(C)c3c2)CCN1CC1CCN(C(=O)O)CC1. The molecule has 4 heterocycles. The lowest BCUT2D eigenvalue weighted by molar-refractivity contribution is 0.101. The maximum Gasteiger partial charge on any atom is 0.407 e. The third-order valence-corrected chi connectivity index (χ3v) is 9.88. The molecule has 2 saturated heterocycles. The summed E-state index contributed by atoms with van der Waals surface area (Å²) in [6.07, 6.45) is 1.08. The molecule has 2 aliphatic heterocycles. The number of piperazine rings is 1. The molecule has 1 amide bonds. The Labute approximate surface area is 287 Å². The number of amides is 1. The third-order valence-electron chi connectivity index (χ3n) is 9.88. The number of aryl methyl sites for hydroxylation is 1. The summed E-state index contributed by atoms with van der Waals surface area (Å²) < 4.78 is 14.4. The van der Waals surface area contributed by atoms with Crippen LogP contribution >= 0.6 is 0 Å². The monoisotopic (exact) mass is 660 g/mol. The molecule has 49 heavy (non-hydrogen) atoms. The first-order chi connectivity index (χ1) is 23.9. The number of hydrogen-bond donors (Lipinski definition) is 1. The largest absolute Gasteiger partial charge is 0.473 e. The van der Waals surface area contributed by atoms with Crippen molar-refractivity contribution in [2.75, 3.05) is 44.2 Å². The molecule has 254 valence electrons. The van der Waals surface area contributed by atoms with Crippen molar-refractivity contribution >= 4 is 22.7 Å². The molecule has 2 fully saturated rings. The molecular formula is C39H44N6O4. The van der Waals surface area contributed by atoms with Gasteiger partial charge in [0.1, 0.15) is 18.9 Å². The minimum atomic E-state index is -0.798. The standard InChI is InChI=1S/C39H44N6O4/c1-28-24-45(22-21-44(28)25-29-17-19-43(20-18-29)39(46)47)32-13-14-33-35(23-32)42(2)41-37(33)34-15-16-36(48-26-30-9-5-3-6-10-30)40-38(34)49-27-31-11-7-4-8-12-31/h3-16,23,28-29H,17-22,24-27H2,1-2H3,(H,46,47). The minimum Gasteiger partial charge on any atom is -0.473 e. The number of carboxylic acid groups (broad SMARTS) is 1. The van der Waals surface area contributed by atoms with Crippen LogP contribution in [0.1, 0.15) is 30.9 Å². The van der Waals surface area contributed by atoms with Gasteiger partial charge in [0.25, 0.3) is 0 Å². The smallest absolute Gasteiger partial charge is 0.407 e. The van der Waals surface area contributed by atoms with Crippen molar-refractivity contribution in [3.05, 3.63) is 102 Å². The van der Waals surface area contributed by atoms with Gasteiger partial charge < -0.3 is 24.4 Å². The van der Waals surface area contributed by atoms with Crippen LogP contribution in [0.2, 0.25) is 0 Å². The van der Waals surface area contributed by atoms with Gasteiger partial charge in [-0.25, -0.2) is 4.79 Å². The Hall–Kier alpha value is -5.09. The van der Waals surface area contributed by atoms with Gasteiger partial charge in [-0.3, -0.25) is 9.58 Å². The van der Waals surface area contributed by atoms with Gasteiger partial charge in [0.15, 0.2) is 0 Å². The number of anilines is 1. The van der Waals surface area contributed by atoms with E-state index in [2.05, 4.69) is 34.9 Å². The highest BCUT2D eigenvalue weighted by Crippen LogP contribution is 2.37. The van der Waals surface area contributed by atoms with Gasteiger partial charge in [0.2, 0.25) is 11.8 Å². The molecule has 0 bridgehead atoms. The summed E-state index contributed by atoms with van der Waals surface area (Å²) >= 11 is 0. The molecule has 2 aliphatic rings. The first kappa shape index (κ1) is 32.5. The van der Waals surface area contributed by atoms with E-state index in [9.17, 15) is 9.90 Å². The average Bonchev–Trinajstić information content (AvgIpc) is 3.46. The number of fused-ring (bicyclic) bond motifs is 1. The van der Waals surface area contributed by atoms with Crippen molar-refractivity contribution in [1.82, 2.24) is 24.6 Å². The van der Waals surface area contributed by atoms with Crippen molar-refractivity contribution in [1.29, 1.82) is 0 Å². The lowest BCUT2D eigenvalue weighted by Gasteiger charge is -2.43. The van der Waals surface area contributed by atoms with Crippen LogP contribution in [0, 0.1) is 5.92 Å². The molecule has 3 aromatic carbocycles. The zero-order valence-corrected chi connectivity index (χ0v) is 28.2. The number of carbonyl (C=O) groups is 1. The third kappa shape index (κ3) is 7.49. The maximum absolute atomic E-state index is 11.3. The molecule has 7 rings (SSSR count). The predicted octanol–water partition coefficient (Wildman–Crippen LogP) is 6.69. The zero-order chi connectivity index (χ0) is 33.7. The molecule has 0 radical (unpaired) electrons. The number of likely N-dealkylation sites (tertiary alicyclic amines) is 1. The highest BCUT2D eigenvalue weighted by molar-refractivity contribution is 5.96. The molecule has 10 heteroatoms. The van der Waals surface area contributed by atoms with E-state index in [0.717, 1.165) is 72.3 Å². The summed E-state index contributed by atoms with van der Waals surface area (Å²) in [5.74, 6) is 1.53. The maximum atomic E-state index is 11.3. The first-order valence-corrected chi connectivity index (χ1v) is 17.2. The summed E-state index contributed by atoms with van der Waals surface area (Å²) in [5, 5.41) is 15.3. The number of aromatic nitrogens is 3. The highest BCUT2D eigenvalue weighted by atomic mass is 16.5. The fourth-order valence-corrected chi connectivity index (χ4v) is 7.03. The Morgan fingerprint density at radius 2 is 1.55 bits per heavy atom. The zero-order valence-electron chi connectivity index (χ0n) is 28.2. The van der Waals surface area contributed by atoms with Crippen LogP contribution in [-0.4, -0.2) is 81.1 Å². The molecule has 1 unspecified atom stereocenters. The molecule has 0 saturated carbocycles. The van der Waals surface area contributed by atoms with E-state index in [1.807, 2.05) is 84.5 Å². The predicted molar refractivity (Wildman–Crippen MR) is 191 cm³/mol. The van der Waals surface area contributed by atoms with E-state index in [-0.39, 0.29) is 0 Å². The summed E-state index contributed by atoms with van der Waals surface area (Å²) in [4.78, 5) is 22.7. The van der Waals surface area contributed by atoms with Crippen molar-refractivity contribution in [2.24, 2.45) is 13.0 Å². The summed E-state index contributed by atoms with van der Waals surface area (Å²) in [5.41, 5.74) is 6.00. The Bertz CT molecular complexity index is 1870.